The van der Waals surface area contributed by atoms with Gasteiger partial charge in [-0.2, -0.15) is 4.98 Å². The standard InChI is InChI=1S/C21H24N4O4S/c1-4-28-18-10-12-19(13-11-18)30(26,27)25-17-8-6-16(7-9-17)24-20-14-21(29-5-2)23-15(3)22-20/h6-14,25H,4-5H2,1-3H3,(H,22,23,24). The van der Waals surface area contributed by atoms with E-state index in [2.05, 4.69) is 20.0 Å². The molecule has 0 aliphatic heterocycles. The lowest BCUT2D eigenvalue weighted by Gasteiger charge is -2.11. The summed E-state index contributed by atoms with van der Waals surface area (Å²) in [5.41, 5.74) is 1.20. The molecule has 9 heteroatoms. The van der Waals surface area contributed by atoms with E-state index in [0.29, 0.717) is 42.2 Å². The maximum Gasteiger partial charge on any atom is 0.261 e. The van der Waals surface area contributed by atoms with Gasteiger partial charge in [0.15, 0.2) is 0 Å². The molecular formula is C21H24N4O4S. The molecular weight excluding hydrogens is 404 g/mol. The van der Waals surface area contributed by atoms with Gasteiger partial charge < -0.3 is 14.8 Å². The Morgan fingerprint density at radius 3 is 2.13 bits per heavy atom. The number of aromatic nitrogens is 2. The molecule has 0 amide bonds. The zero-order chi connectivity index (χ0) is 21.6. The van der Waals surface area contributed by atoms with E-state index in [1.165, 1.54) is 12.1 Å². The predicted octanol–water partition coefficient (Wildman–Crippen LogP) is 4.13. The molecule has 0 saturated carbocycles. The Kier molecular flexibility index (Phi) is 6.73. The molecule has 0 spiro atoms. The molecule has 0 radical (unpaired) electrons. The minimum atomic E-state index is -3.70. The van der Waals surface area contributed by atoms with Crippen LogP contribution in [0.3, 0.4) is 0 Å². The van der Waals surface area contributed by atoms with Crippen molar-refractivity contribution in [2.75, 3.05) is 23.3 Å². The van der Waals surface area contributed by atoms with Crippen molar-refractivity contribution in [2.45, 2.75) is 25.7 Å². The topological polar surface area (TPSA) is 102 Å². The van der Waals surface area contributed by atoms with Crippen molar-refractivity contribution >= 4 is 27.2 Å². The first-order valence-corrected chi connectivity index (χ1v) is 11.0. The smallest absolute Gasteiger partial charge is 0.261 e. The van der Waals surface area contributed by atoms with Crippen LogP contribution < -0.4 is 19.5 Å². The third kappa shape index (κ3) is 5.60. The fourth-order valence-electron chi connectivity index (χ4n) is 2.69. The van der Waals surface area contributed by atoms with Gasteiger partial charge >= 0.3 is 0 Å². The quantitative estimate of drug-likeness (QED) is 0.528. The molecule has 0 aliphatic carbocycles. The lowest BCUT2D eigenvalue weighted by molar-refractivity contribution is 0.325. The van der Waals surface area contributed by atoms with E-state index in [9.17, 15) is 8.42 Å². The Bertz CT molecular complexity index is 1080. The molecule has 158 valence electrons. The van der Waals surface area contributed by atoms with Gasteiger partial charge in [0, 0.05) is 17.4 Å². The molecule has 1 aromatic heterocycles. The highest BCUT2D eigenvalue weighted by atomic mass is 32.2. The van der Waals surface area contributed by atoms with Gasteiger partial charge in [-0.15, -0.1) is 0 Å². The van der Waals surface area contributed by atoms with E-state index in [-0.39, 0.29) is 4.90 Å². The normalized spacial score (nSPS) is 11.0. The number of sulfonamides is 1. The highest BCUT2D eigenvalue weighted by Gasteiger charge is 2.14. The van der Waals surface area contributed by atoms with Crippen LogP contribution in [0.2, 0.25) is 0 Å². The molecule has 0 aliphatic rings. The number of rotatable bonds is 9. The zero-order valence-electron chi connectivity index (χ0n) is 17.0. The van der Waals surface area contributed by atoms with Crippen LogP contribution in [-0.2, 0) is 10.0 Å². The maximum absolute atomic E-state index is 12.6. The summed E-state index contributed by atoms with van der Waals surface area (Å²) in [6.45, 7) is 6.57. The van der Waals surface area contributed by atoms with Crippen molar-refractivity contribution in [1.29, 1.82) is 0 Å². The first kappa shape index (κ1) is 21.4. The number of hydrogen-bond acceptors (Lipinski definition) is 7. The number of anilines is 3. The first-order chi connectivity index (χ1) is 14.4. The zero-order valence-corrected chi connectivity index (χ0v) is 17.9. The van der Waals surface area contributed by atoms with Gasteiger partial charge in [-0.05, 0) is 69.3 Å². The molecule has 0 unspecified atom stereocenters. The predicted molar refractivity (Wildman–Crippen MR) is 116 cm³/mol. The number of ether oxygens (including phenoxy) is 2. The summed E-state index contributed by atoms with van der Waals surface area (Å²) < 4.78 is 38.5. The summed E-state index contributed by atoms with van der Waals surface area (Å²) in [4.78, 5) is 8.70. The highest BCUT2D eigenvalue weighted by Crippen LogP contribution is 2.23. The van der Waals surface area contributed by atoms with Crippen LogP contribution in [0, 0.1) is 6.92 Å². The molecule has 0 atom stereocenters. The fraction of sp³-hybridized carbons (Fsp3) is 0.238. The molecule has 2 aromatic carbocycles. The van der Waals surface area contributed by atoms with Crippen LogP contribution in [-0.4, -0.2) is 31.6 Å². The molecule has 3 aromatic rings. The van der Waals surface area contributed by atoms with Gasteiger partial charge in [-0.3, -0.25) is 4.72 Å². The molecule has 30 heavy (non-hydrogen) atoms. The highest BCUT2D eigenvalue weighted by molar-refractivity contribution is 7.92. The van der Waals surface area contributed by atoms with Crippen LogP contribution in [0.5, 0.6) is 11.6 Å². The van der Waals surface area contributed by atoms with Crippen LogP contribution in [0.25, 0.3) is 0 Å². The van der Waals surface area contributed by atoms with E-state index in [4.69, 9.17) is 9.47 Å². The van der Waals surface area contributed by atoms with E-state index in [1.807, 2.05) is 13.8 Å². The van der Waals surface area contributed by atoms with Crippen molar-refractivity contribution in [3.8, 4) is 11.6 Å². The Morgan fingerprint density at radius 2 is 1.50 bits per heavy atom. The van der Waals surface area contributed by atoms with Gasteiger partial charge in [-0.25, -0.2) is 13.4 Å². The minimum Gasteiger partial charge on any atom is -0.494 e. The van der Waals surface area contributed by atoms with Crippen molar-refractivity contribution in [2.24, 2.45) is 0 Å². The maximum atomic E-state index is 12.6. The summed E-state index contributed by atoms with van der Waals surface area (Å²) >= 11 is 0. The second-order valence-corrected chi connectivity index (χ2v) is 7.97. The van der Waals surface area contributed by atoms with Gasteiger partial charge in [-0.1, -0.05) is 0 Å². The van der Waals surface area contributed by atoms with Gasteiger partial charge in [0.2, 0.25) is 5.88 Å². The average molecular weight is 429 g/mol. The Labute approximate surface area is 176 Å². The summed E-state index contributed by atoms with van der Waals surface area (Å²) in [6, 6.07) is 14.8. The summed E-state index contributed by atoms with van der Waals surface area (Å²) in [5.74, 6) is 2.29. The van der Waals surface area contributed by atoms with Crippen LogP contribution >= 0.6 is 0 Å². The molecule has 0 saturated heterocycles. The SMILES string of the molecule is CCOc1ccc(S(=O)(=O)Nc2ccc(Nc3cc(OCC)nc(C)n3)cc2)cc1. The number of nitrogens with one attached hydrogen (secondary N) is 2. The summed E-state index contributed by atoms with van der Waals surface area (Å²) in [5, 5.41) is 3.16. The minimum absolute atomic E-state index is 0.160. The first-order valence-electron chi connectivity index (χ1n) is 9.51. The van der Waals surface area contributed by atoms with Crippen LogP contribution in [0.4, 0.5) is 17.2 Å². The Balaban J connectivity index is 1.69. The van der Waals surface area contributed by atoms with Crippen LogP contribution in [0.15, 0.2) is 59.5 Å². The second-order valence-electron chi connectivity index (χ2n) is 6.28. The summed E-state index contributed by atoms with van der Waals surface area (Å²) in [6.07, 6.45) is 0. The lowest BCUT2D eigenvalue weighted by atomic mass is 10.3. The largest absolute Gasteiger partial charge is 0.494 e. The van der Waals surface area contributed by atoms with Crippen molar-refractivity contribution in [1.82, 2.24) is 9.97 Å². The molecule has 8 nitrogen and oxygen atoms in total. The molecule has 3 rings (SSSR count). The van der Waals surface area contributed by atoms with Crippen molar-refractivity contribution in [3.05, 3.63) is 60.4 Å². The summed E-state index contributed by atoms with van der Waals surface area (Å²) in [7, 11) is -3.70. The Morgan fingerprint density at radius 1 is 0.867 bits per heavy atom. The van der Waals surface area contributed by atoms with E-state index in [1.54, 1.807) is 49.4 Å². The fourth-order valence-corrected chi connectivity index (χ4v) is 3.75. The van der Waals surface area contributed by atoms with Crippen molar-refractivity contribution in [3.63, 3.8) is 0 Å². The average Bonchev–Trinajstić information content (AvgIpc) is 2.70. The van der Waals surface area contributed by atoms with Gasteiger partial charge in [0.05, 0.1) is 18.1 Å². The second kappa shape index (κ2) is 9.45. The monoisotopic (exact) mass is 428 g/mol. The number of aryl methyl sites for hydroxylation is 1. The van der Waals surface area contributed by atoms with Gasteiger partial charge in [0.1, 0.15) is 17.4 Å². The van der Waals surface area contributed by atoms with E-state index in [0.717, 1.165) is 5.69 Å². The van der Waals surface area contributed by atoms with E-state index >= 15 is 0 Å². The van der Waals surface area contributed by atoms with Gasteiger partial charge in [0.25, 0.3) is 10.0 Å². The lowest BCUT2D eigenvalue weighted by Crippen LogP contribution is -2.12. The van der Waals surface area contributed by atoms with E-state index < -0.39 is 10.0 Å². The molecule has 2 N–H and O–H groups in total. The molecule has 0 bridgehead atoms. The number of nitrogens with zero attached hydrogens (tertiary/aromatic N) is 2. The third-order valence-electron chi connectivity index (χ3n) is 3.96. The van der Waals surface area contributed by atoms with Crippen LogP contribution in [0.1, 0.15) is 19.7 Å². The Hall–Kier alpha value is -3.33. The molecule has 0 fully saturated rings. The van der Waals surface area contributed by atoms with Crippen molar-refractivity contribution < 1.29 is 17.9 Å². The molecule has 1 heterocycles. The number of benzene rings is 2. The third-order valence-corrected chi connectivity index (χ3v) is 5.36. The number of hydrogen-bond donors (Lipinski definition) is 2.